The zero-order chi connectivity index (χ0) is 16.8. The maximum atomic E-state index is 12.9. The van der Waals surface area contributed by atoms with Crippen LogP contribution in [0.25, 0.3) is 5.65 Å². The van der Waals surface area contributed by atoms with E-state index in [0.29, 0.717) is 14.7 Å². The van der Waals surface area contributed by atoms with Gasteiger partial charge in [-0.05, 0) is 23.9 Å². The second kappa shape index (κ2) is 5.48. The van der Waals surface area contributed by atoms with Crippen LogP contribution in [0, 0.1) is 0 Å². The van der Waals surface area contributed by atoms with Crippen LogP contribution in [0.2, 0.25) is 0 Å². The van der Waals surface area contributed by atoms with E-state index in [2.05, 4.69) is 25.5 Å². The lowest BCUT2D eigenvalue weighted by Gasteiger charge is -2.06. The quantitative estimate of drug-likeness (QED) is 0.728. The number of hydrogen-bond donors (Lipinski definition) is 0. The van der Waals surface area contributed by atoms with Crippen molar-refractivity contribution < 1.29 is 13.2 Å². The van der Waals surface area contributed by atoms with Crippen LogP contribution >= 0.6 is 11.8 Å². The van der Waals surface area contributed by atoms with Crippen molar-refractivity contribution in [3.63, 3.8) is 0 Å². The van der Waals surface area contributed by atoms with Crippen molar-refractivity contribution in [2.45, 2.75) is 36.1 Å². The molecule has 3 rings (SSSR count). The zero-order valence-corrected chi connectivity index (χ0v) is 13.2. The normalized spacial score (nSPS) is 12.5. The van der Waals surface area contributed by atoms with Crippen molar-refractivity contribution in [2.75, 3.05) is 0 Å². The number of rotatable bonds is 3. The summed E-state index contributed by atoms with van der Waals surface area (Å²) in [5, 5.41) is 19.6. The van der Waals surface area contributed by atoms with Crippen LogP contribution in [0.15, 0.2) is 22.3 Å². The van der Waals surface area contributed by atoms with Crippen LogP contribution in [0.1, 0.15) is 31.4 Å². The van der Waals surface area contributed by atoms with Crippen LogP contribution in [-0.2, 0) is 13.2 Å². The first-order valence-corrected chi connectivity index (χ1v) is 7.46. The Labute approximate surface area is 132 Å². The van der Waals surface area contributed by atoms with Gasteiger partial charge in [0.2, 0.25) is 0 Å². The van der Waals surface area contributed by atoms with Gasteiger partial charge in [0.15, 0.2) is 10.8 Å². The van der Waals surface area contributed by atoms with Crippen molar-refractivity contribution in [3.8, 4) is 0 Å². The highest BCUT2D eigenvalue weighted by Crippen LogP contribution is 2.29. The Bertz CT molecular complexity index is 852. The first-order valence-electron chi connectivity index (χ1n) is 6.64. The van der Waals surface area contributed by atoms with Crippen molar-refractivity contribution in [3.05, 3.63) is 23.8 Å². The molecular weight excluding hydrogens is 331 g/mol. The molecule has 0 aliphatic carbocycles. The summed E-state index contributed by atoms with van der Waals surface area (Å²) >= 11 is 1.12. The van der Waals surface area contributed by atoms with E-state index >= 15 is 0 Å². The number of aromatic nitrogens is 7. The maximum absolute atomic E-state index is 12.9. The first-order chi connectivity index (χ1) is 10.8. The van der Waals surface area contributed by atoms with Gasteiger partial charge in [-0.3, -0.25) is 0 Å². The summed E-state index contributed by atoms with van der Waals surface area (Å²) in [6.07, 6.45) is -4.62. The second-order valence-electron chi connectivity index (χ2n) is 5.12. The zero-order valence-electron chi connectivity index (χ0n) is 12.4. The average molecular weight is 343 g/mol. The molecule has 0 aliphatic rings. The fourth-order valence-electron chi connectivity index (χ4n) is 2.01. The molecule has 0 fully saturated rings. The lowest BCUT2D eigenvalue weighted by atomic mass is 10.2. The van der Waals surface area contributed by atoms with Gasteiger partial charge < -0.3 is 4.57 Å². The molecular formula is C12H12F3N7S. The summed E-state index contributed by atoms with van der Waals surface area (Å²) in [4.78, 5) is 0. The second-order valence-corrected chi connectivity index (χ2v) is 6.11. The fourth-order valence-corrected chi connectivity index (χ4v) is 2.77. The first kappa shape index (κ1) is 15.7. The van der Waals surface area contributed by atoms with Gasteiger partial charge in [-0.1, -0.05) is 13.8 Å². The lowest BCUT2D eigenvalue weighted by Crippen LogP contribution is -2.12. The monoisotopic (exact) mass is 343 g/mol. The van der Waals surface area contributed by atoms with Crippen molar-refractivity contribution in [1.82, 2.24) is 34.6 Å². The van der Waals surface area contributed by atoms with E-state index in [1.54, 1.807) is 17.7 Å². The third-order valence-electron chi connectivity index (χ3n) is 3.07. The number of nitrogens with zero attached hydrogens (tertiary/aromatic N) is 7. The van der Waals surface area contributed by atoms with E-state index in [1.807, 2.05) is 13.8 Å². The summed E-state index contributed by atoms with van der Waals surface area (Å²) in [6.45, 7) is 3.96. The Morgan fingerprint density at radius 1 is 1.09 bits per heavy atom. The highest BCUT2D eigenvalue weighted by molar-refractivity contribution is 7.99. The van der Waals surface area contributed by atoms with Gasteiger partial charge in [-0.2, -0.15) is 22.8 Å². The molecule has 3 heterocycles. The van der Waals surface area contributed by atoms with Gasteiger partial charge in [0.1, 0.15) is 10.9 Å². The Morgan fingerprint density at radius 2 is 1.83 bits per heavy atom. The summed E-state index contributed by atoms with van der Waals surface area (Å²) in [6, 6.07) is 3.00. The third kappa shape index (κ3) is 2.87. The molecule has 0 saturated carbocycles. The minimum absolute atomic E-state index is 0.0301. The molecule has 0 radical (unpaired) electrons. The van der Waals surface area contributed by atoms with Crippen LogP contribution in [0.4, 0.5) is 13.2 Å². The Hall–Kier alpha value is -2.17. The molecule has 0 atom stereocenters. The van der Waals surface area contributed by atoms with Crippen molar-refractivity contribution >= 4 is 17.4 Å². The minimum Gasteiger partial charge on any atom is -0.309 e. The van der Waals surface area contributed by atoms with E-state index < -0.39 is 12.0 Å². The number of alkyl halides is 3. The molecule has 23 heavy (non-hydrogen) atoms. The molecule has 7 nitrogen and oxygen atoms in total. The summed E-state index contributed by atoms with van der Waals surface area (Å²) in [5.74, 6) is -0.184. The molecule has 0 aromatic carbocycles. The molecule has 122 valence electrons. The third-order valence-corrected chi connectivity index (χ3v) is 4.04. The topological polar surface area (TPSA) is 73.8 Å². The molecule has 0 aliphatic heterocycles. The molecule has 0 N–H and O–H groups in total. The number of fused-ring (bicyclic) bond motifs is 1. The number of hydrogen-bond acceptors (Lipinski definition) is 6. The predicted molar refractivity (Wildman–Crippen MR) is 75.0 cm³/mol. The van der Waals surface area contributed by atoms with Gasteiger partial charge in [0.05, 0.1) is 0 Å². The van der Waals surface area contributed by atoms with E-state index in [-0.39, 0.29) is 11.6 Å². The standard InChI is InChI=1S/C12H12F3N7S/c1-6(2)9-17-19-11(21(9)3)23-8-5-4-7-16-18-10(12(13,14)15)22(7)20-8/h4-6H,1-3H3. The van der Waals surface area contributed by atoms with Crippen molar-refractivity contribution in [2.24, 2.45) is 7.05 Å². The lowest BCUT2D eigenvalue weighted by molar-refractivity contribution is -0.146. The molecule has 0 unspecified atom stereocenters. The van der Waals surface area contributed by atoms with Crippen LogP contribution in [-0.4, -0.2) is 34.6 Å². The van der Waals surface area contributed by atoms with Crippen molar-refractivity contribution in [1.29, 1.82) is 0 Å². The summed E-state index contributed by atoms with van der Waals surface area (Å²) in [7, 11) is 1.80. The summed E-state index contributed by atoms with van der Waals surface area (Å²) < 4.78 is 41.1. The van der Waals surface area contributed by atoms with Crippen LogP contribution < -0.4 is 0 Å². The molecule has 3 aromatic rings. The van der Waals surface area contributed by atoms with Gasteiger partial charge in [0.25, 0.3) is 5.82 Å². The van der Waals surface area contributed by atoms with Gasteiger partial charge in [-0.15, -0.1) is 20.4 Å². The SMILES string of the molecule is CC(C)c1nnc(Sc2ccc3nnc(C(F)(F)F)n3n2)n1C. The highest BCUT2D eigenvalue weighted by Gasteiger charge is 2.37. The maximum Gasteiger partial charge on any atom is 0.453 e. The van der Waals surface area contributed by atoms with E-state index in [9.17, 15) is 13.2 Å². The Balaban J connectivity index is 1.98. The van der Waals surface area contributed by atoms with Gasteiger partial charge >= 0.3 is 6.18 Å². The highest BCUT2D eigenvalue weighted by atomic mass is 32.2. The molecule has 0 bridgehead atoms. The van der Waals surface area contributed by atoms with Gasteiger partial charge in [-0.25, -0.2) is 0 Å². The Kier molecular flexibility index (Phi) is 3.74. The molecule has 3 aromatic heterocycles. The predicted octanol–water partition coefficient (Wildman–Crippen LogP) is 2.55. The minimum atomic E-state index is -4.62. The Morgan fingerprint density at radius 3 is 2.43 bits per heavy atom. The van der Waals surface area contributed by atoms with Crippen LogP contribution in [0.5, 0.6) is 0 Å². The smallest absolute Gasteiger partial charge is 0.309 e. The molecule has 11 heteroatoms. The largest absolute Gasteiger partial charge is 0.453 e. The van der Waals surface area contributed by atoms with E-state index in [1.165, 1.54) is 6.07 Å². The van der Waals surface area contributed by atoms with E-state index in [4.69, 9.17) is 0 Å². The molecule has 0 spiro atoms. The fraction of sp³-hybridized carbons (Fsp3) is 0.417. The molecule has 0 amide bonds. The number of halogens is 3. The van der Waals surface area contributed by atoms with Crippen LogP contribution in [0.3, 0.4) is 0 Å². The average Bonchev–Trinajstić information content (AvgIpc) is 3.02. The van der Waals surface area contributed by atoms with E-state index in [0.717, 1.165) is 17.6 Å². The van der Waals surface area contributed by atoms with Gasteiger partial charge in [0, 0.05) is 13.0 Å². The molecule has 0 saturated heterocycles. The summed E-state index contributed by atoms with van der Waals surface area (Å²) in [5.41, 5.74) is 0.0301.